The lowest BCUT2D eigenvalue weighted by Crippen LogP contribution is -2.41. The molecule has 2 rings (SSSR count). The third kappa shape index (κ3) is 2.43. The number of furan rings is 1. The SMILES string of the molecule is CC(NC(=O)C1CC(O)CN1)c1ccco1. The zero-order valence-electron chi connectivity index (χ0n) is 9.14. The lowest BCUT2D eigenvalue weighted by Gasteiger charge is -2.15. The Labute approximate surface area is 93.8 Å². The molecule has 0 saturated carbocycles. The van der Waals surface area contributed by atoms with Crippen LogP contribution in [0.2, 0.25) is 0 Å². The Bertz CT molecular complexity index is 350. The average Bonchev–Trinajstić information content (AvgIpc) is 2.87. The molecule has 3 atom stereocenters. The first-order valence-corrected chi connectivity index (χ1v) is 5.42. The second-order valence-electron chi connectivity index (χ2n) is 4.10. The van der Waals surface area contributed by atoms with Crippen molar-refractivity contribution in [2.75, 3.05) is 6.54 Å². The van der Waals surface area contributed by atoms with Gasteiger partial charge in [0.1, 0.15) is 5.76 Å². The topological polar surface area (TPSA) is 74.5 Å². The van der Waals surface area contributed by atoms with Crippen LogP contribution in [0.3, 0.4) is 0 Å². The molecule has 0 spiro atoms. The number of β-amino-alcohol motifs (C(OH)–C–C–N with tert-alkyl or cyclic N) is 1. The molecular weight excluding hydrogens is 208 g/mol. The van der Waals surface area contributed by atoms with Gasteiger partial charge in [-0.1, -0.05) is 0 Å². The highest BCUT2D eigenvalue weighted by molar-refractivity contribution is 5.82. The standard InChI is InChI=1S/C11H16N2O3/c1-7(10-3-2-4-16-10)13-11(15)9-5-8(14)6-12-9/h2-4,7-9,12,14H,5-6H2,1H3,(H,13,15). The number of hydrogen-bond acceptors (Lipinski definition) is 4. The van der Waals surface area contributed by atoms with E-state index >= 15 is 0 Å². The first-order valence-electron chi connectivity index (χ1n) is 5.42. The highest BCUT2D eigenvalue weighted by Crippen LogP contribution is 2.13. The summed E-state index contributed by atoms with van der Waals surface area (Å²) in [5.74, 6) is 0.632. The number of hydrogen-bond donors (Lipinski definition) is 3. The second-order valence-corrected chi connectivity index (χ2v) is 4.10. The van der Waals surface area contributed by atoms with E-state index in [2.05, 4.69) is 10.6 Å². The summed E-state index contributed by atoms with van der Waals surface area (Å²) in [5, 5.41) is 15.1. The Morgan fingerprint density at radius 3 is 3.12 bits per heavy atom. The van der Waals surface area contributed by atoms with Crippen molar-refractivity contribution < 1.29 is 14.3 Å². The molecule has 0 radical (unpaired) electrons. The van der Waals surface area contributed by atoms with Crippen LogP contribution in [0.5, 0.6) is 0 Å². The monoisotopic (exact) mass is 224 g/mol. The van der Waals surface area contributed by atoms with E-state index in [0.717, 1.165) is 5.76 Å². The van der Waals surface area contributed by atoms with E-state index in [9.17, 15) is 9.90 Å². The van der Waals surface area contributed by atoms with Gasteiger partial charge in [0.05, 0.1) is 24.5 Å². The van der Waals surface area contributed by atoms with Gasteiger partial charge in [-0.25, -0.2) is 0 Å². The Morgan fingerprint density at radius 1 is 1.75 bits per heavy atom. The number of aliphatic hydroxyl groups is 1. The highest BCUT2D eigenvalue weighted by atomic mass is 16.3. The number of amides is 1. The van der Waals surface area contributed by atoms with Crippen molar-refractivity contribution in [1.82, 2.24) is 10.6 Å². The molecule has 1 aromatic rings. The quantitative estimate of drug-likeness (QED) is 0.684. The van der Waals surface area contributed by atoms with Crippen LogP contribution in [-0.4, -0.2) is 29.7 Å². The maximum absolute atomic E-state index is 11.8. The van der Waals surface area contributed by atoms with Gasteiger partial charge in [0.15, 0.2) is 0 Å². The predicted molar refractivity (Wildman–Crippen MR) is 57.7 cm³/mol. The zero-order valence-corrected chi connectivity index (χ0v) is 9.14. The molecule has 88 valence electrons. The van der Waals surface area contributed by atoms with Crippen molar-refractivity contribution in [3.05, 3.63) is 24.2 Å². The molecule has 0 bridgehead atoms. The number of aliphatic hydroxyl groups excluding tert-OH is 1. The summed E-state index contributed by atoms with van der Waals surface area (Å²) < 4.78 is 5.20. The lowest BCUT2D eigenvalue weighted by molar-refractivity contribution is -0.123. The van der Waals surface area contributed by atoms with Crippen molar-refractivity contribution in [1.29, 1.82) is 0 Å². The van der Waals surface area contributed by atoms with Gasteiger partial charge in [-0.3, -0.25) is 4.79 Å². The minimum Gasteiger partial charge on any atom is -0.467 e. The van der Waals surface area contributed by atoms with E-state index in [0.29, 0.717) is 13.0 Å². The fourth-order valence-electron chi connectivity index (χ4n) is 1.84. The van der Waals surface area contributed by atoms with Gasteiger partial charge in [0, 0.05) is 6.54 Å². The van der Waals surface area contributed by atoms with Crippen LogP contribution in [0.1, 0.15) is 25.1 Å². The summed E-state index contributed by atoms with van der Waals surface area (Å²) in [5.41, 5.74) is 0. The molecule has 1 aromatic heterocycles. The van der Waals surface area contributed by atoms with Crippen LogP contribution in [0.4, 0.5) is 0 Å². The maximum Gasteiger partial charge on any atom is 0.237 e. The van der Waals surface area contributed by atoms with Crippen molar-refractivity contribution in [2.45, 2.75) is 31.5 Å². The van der Waals surface area contributed by atoms with Gasteiger partial charge in [-0.15, -0.1) is 0 Å². The number of carbonyl (C=O) groups is 1. The maximum atomic E-state index is 11.8. The van der Waals surface area contributed by atoms with Crippen molar-refractivity contribution in [2.24, 2.45) is 0 Å². The molecule has 1 fully saturated rings. The Morgan fingerprint density at radius 2 is 2.56 bits per heavy atom. The number of rotatable bonds is 3. The zero-order chi connectivity index (χ0) is 11.5. The smallest absolute Gasteiger partial charge is 0.237 e. The second kappa shape index (κ2) is 4.67. The summed E-state index contributed by atoms with van der Waals surface area (Å²) in [6, 6.07) is 3.16. The number of carbonyl (C=O) groups excluding carboxylic acids is 1. The summed E-state index contributed by atoms with van der Waals surface area (Å²) in [6.07, 6.45) is 1.63. The summed E-state index contributed by atoms with van der Waals surface area (Å²) in [7, 11) is 0. The largest absolute Gasteiger partial charge is 0.467 e. The normalized spacial score (nSPS) is 26.6. The van der Waals surface area contributed by atoms with Gasteiger partial charge in [-0.2, -0.15) is 0 Å². The molecule has 0 aromatic carbocycles. The lowest BCUT2D eigenvalue weighted by atomic mass is 10.1. The minimum atomic E-state index is -0.422. The third-order valence-electron chi connectivity index (χ3n) is 2.75. The van der Waals surface area contributed by atoms with Crippen LogP contribution in [0.25, 0.3) is 0 Å². The first kappa shape index (κ1) is 11.2. The summed E-state index contributed by atoms with van der Waals surface area (Å²) in [4.78, 5) is 11.8. The Kier molecular flexibility index (Phi) is 3.26. The average molecular weight is 224 g/mol. The van der Waals surface area contributed by atoms with Gasteiger partial charge < -0.3 is 20.2 Å². The van der Waals surface area contributed by atoms with Crippen molar-refractivity contribution in [3.63, 3.8) is 0 Å². The third-order valence-corrected chi connectivity index (χ3v) is 2.75. The van der Waals surface area contributed by atoms with Crippen LogP contribution in [0.15, 0.2) is 22.8 Å². The summed E-state index contributed by atoms with van der Waals surface area (Å²) >= 11 is 0. The van der Waals surface area contributed by atoms with Gasteiger partial charge in [-0.05, 0) is 25.5 Å². The molecule has 3 unspecified atom stereocenters. The molecule has 1 saturated heterocycles. The summed E-state index contributed by atoms with van der Waals surface area (Å²) in [6.45, 7) is 2.34. The molecule has 5 nitrogen and oxygen atoms in total. The molecule has 16 heavy (non-hydrogen) atoms. The molecule has 0 aliphatic carbocycles. The van der Waals surface area contributed by atoms with Crippen LogP contribution in [-0.2, 0) is 4.79 Å². The molecule has 5 heteroatoms. The van der Waals surface area contributed by atoms with E-state index < -0.39 is 6.10 Å². The fourth-order valence-corrected chi connectivity index (χ4v) is 1.84. The van der Waals surface area contributed by atoms with Crippen LogP contribution >= 0.6 is 0 Å². The van der Waals surface area contributed by atoms with Gasteiger partial charge in [0.25, 0.3) is 0 Å². The molecule has 3 N–H and O–H groups in total. The van der Waals surface area contributed by atoms with E-state index in [1.54, 1.807) is 12.3 Å². The van der Waals surface area contributed by atoms with E-state index in [4.69, 9.17) is 4.42 Å². The Hall–Kier alpha value is -1.33. The molecule has 2 heterocycles. The predicted octanol–water partition coefficient (Wildman–Crippen LogP) is 0.180. The minimum absolute atomic E-state index is 0.0968. The molecular formula is C11H16N2O3. The van der Waals surface area contributed by atoms with Gasteiger partial charge >= 0.3 is 0 Å². The van der Waals surface area contributed by atoms with E-state index in [-0.39, 0.29) is 18.0 Å². The highest BCUT2D eigenvalue weighted by Gasteiger charge is 2.28. The van der Waals surface area contributed by atoms with Gasteiger partial charge in [0.2, 0.25) is 5.91 Å². The first-order chi connectivity index (χ1) is 7.66. The molecule has 1 aliphatic heterocycles. The van der Waals surface area contributed by atoms with Crippen molar-refractivity contribution in [3.8, 4) is 0 Å². The van der Waals surface area contributed by atoms with Crippen LogP contribution in [0, 0.1) is 0 Å². The Balaban J connectivity index is 1.88. The molecule has 1 aliphatic rings. The van der Waals surface area contributed by atoms with Crippen LogP contribution < -0.4 is 10.6 Å². The van der Waals surface area contributed by atoms with Crippen molar-refractivity contribution >= 4 is 5.91 Å². The fraction of sp³-hybridized carbons (Fsp3) is 0.545. The van der Waals surface area contributed by atoms with E-state index in [1.165, 1.54) is 0 Å². The number of nitrogens with one attached hydrogen (secondary N) is 2. The van der Waals surface area contributed by atoms with E-state index in [1.807, 2.05) is 13.0 Å². The molecule has 1 amide bonds.